The normalized spacial score (nSPS) is 16.8. The number of rotatable bonds is 17. The largest absolute Gasteiger partial charge is 0.611 e. The first kappa shape index (κ1) is 37.1. The van der Waals surface area contributed by atoms with E-state index in [0.29, 0.717) is 47.0 Å². The smallest absolute Gasteiger partial charge is 0.251 e. The van der Waals surface area contributed by atoms with E-state index in [1.165, 1.54) is 0 Å². The number of ether oxygens (including phenoxy) is 2. The first-order valence-electron chi connectivity index (χ1n) is 17.8. The molecule has 3 unspecified atom stereocenters. The molecule has 9 nitrogen and oxygen atoms in total. The van der Waals surface area contributed by atoms with Crippen LogP contribution in [0.3, 0.4) is 0 Å². The molecule has 1 aliphatic rings. The molecule has 5 rings (SSSR count). The number of aryl methyl sites for hydroxylation is 1. The summed E-state index contributed by atoms with van der Waals surface area (Å²) < 4.78 is 26.6. The predicted octanol–water partition coefficient (Wildman–Crippen LogP) is 7.99. The number of pyridine rings is 1. The standard InChI is InChI=1S/C40H51N5O4S/c1-6-8-18-48-19-20-49-37-13-9-32(10-14-37)34-22-33(39(42-23-34)45-25-30(4)31(5)26-45)21-29(3)40(46)43-35-11-15-38(16-12-35)50(47)27-36-24-41-28-44(36)17-7-2/h9-16,21-24,28,30-31H,6-8,17-20,25-27H2,1-5H3,(H,43,46)/b29-21+. The lowest BCUT2D eigenvalue weighted by molar-refractivity contribution is -0.112. The Morgan fingerprint density at radius 2 is 1.72 bits per heavy atom. The van der Waals surface area contributed by atoms with Gasteiger partial charge in [0, 0.05) is 54.8 Å². The van der Waals surface area contributed by atoms with E-state index in [9.17, 15) is 9.35 Å². The summed E-state index contributed by atoms with van der Waals surface area (Å²) in [4.78, 5) is 25.6. The van der Waals surface area contributed by atoms with Crippen molar-refractivity contribution in [3.8, 4) is 16.9 Å². The molecule has 0 radical (unpaired) electrons. The molecule has 50 heavy (non-hydrogen) atoms. The number of carbonyl (C=O) groups is 1. The lowest BCUT2D eigenvalue weighted by atomic mass is 10.0. The number of amides is 1. The van der Waals surface area contributed by atoms with Crippen LogP contribution in [0.4, 0.5) is 11.5 Å². The maximum atomic E-state index is 13.4. The number of hydrogen-bond acceptors (Lipinski definition) is 7. The van der Waals surface area contributed by atoms with Crippen molar-refractivity contribution in [3.05, 3.63) is 90.1 Å². The van der Waals surface area contributed by atoms with Crippen LogP contribution in [0.2, 0.25) is 0 Å². The first-order chi connectivity index (χ1) is 24.2. The Morgan fingerprint density at radius 3 is 2.42 bits per heavy atom. The molecule has 0 saturated carbocycles. The van der Waals surface area contributed by atoms with Crippen LogP contribution in [-0.2, 0) is 33.0 Å². The number of imidazole rings is 1. The minimum Gasteiger partial charge on any atom is -0.611 e. The Balaban J connectivity index is 1.28. The first-order valence-corrected chi connectivity index (χ1v) is 19.1. The number of carbonyl (C=O) groups excluding carboxylic acids is 1. The van der Waals surface area contributed by atoms with Gasteiger partial charge in [0.25, 0.3) is 5.91 Å². The molecule has 4 aromatic rings. The predicted molar refractivity (Wildman–Crippen MR) is 203 cm³/mol. The molecule has 2 aromatic heterocycles. The van der Waals surface area contributed by atoms with E-state index in [0.717, 1.165) is 79.5 Å². The van der Waals surface area contributed by atoms with Crippen molar-refractivity contribution in [2.75, 3.05) is 43.1 Å². The van der Waals surface area contributed by atoms with Gasteiger partial charge in [0.2, 0.25) is 0 Å². The van der Waals surface area contributed by atoms with Gasteiger partial charge in [-0.1, -0.05) is 46.2 Å². The third-order valence-electron chi connectivity index (χ3n) is 9.16. The summed E-state index contributed by atoms with van der Waals surface area (Å²) in [6.45, 7) is 15.2. The zero-order valence-electron chi connectivity index (χ0n) is 30.1. The Labute approximate surface area is 300 Å². The van der Waals surface area contributed by atoms with Gasteiger partial charge in [-0.3, -0.25) is 4.79 Å². The average Bonchev–Trinajstić information content (AvgIpc) is 3.70. The van der Waals surface area contributed by atoms with Crippen LogP contribution < -0.4 is 15.0 Å². The maximum absolute atomic E-state index is 13.4. The van der Waals surface area contributed by atoms with Gasteiger partial charge in [0.1, 0.15) is 18.2 Å². The van der Waals surface area contributed by atoms with Crippen LogP contribution in [0, 0.1) is 11.8 Å². The molecule has 3 heterocycles. The molecule has 0 aliphatic carbocycles. The fraction of sp³-hybridized carbons (Fsp3) is 0.425. The summed E-state index contributed by atoms with van der Waals surface area (Å²) in [7, 11) is 0. The van der Waals surface area contributed by atoms with Crippen molar-refractivity contribution in [2.24, 2.45) is 11.8 Å². The Bertz CT molecular complexity index is 1700. The Kier molecular flexibility index (Phi) is 13.5. The fourth-order valence-electron chi connectivity index (χ4n) is 5.96. The summed E-state index contributed by atoms with van der Waals surface area (Å²) in [6, 6.07) is 17.3. The number of unbranched alkanes of at least 4 members (excludes halogenated alkanes) is 1. The van der Waals surface area contributed by atoms with Crippen molar-refractivity contribution in [2.45, 2.75) is 71.1 Å². The number of hydrogen-bond donors (Lipinski definition) is 1. The van der Waals surface area contributed by atoms with Gasteiger partial charge < -0.3 is 28.8 Å². The van der Waals surface area contributed by atoms with E-state index in [4.69, 9.17) is 14.5 Å². The van der Waals surface area contributed by atoms with E-state index in [1.807, 2.05) is 60.2 Å². The number of aromatic nitrogens is 3. The molecule has 1 saturated heterocycles. The average molecular weight is 698 g/mol. The van der Waals surface area contributed by atoms with Crippen LogP contribution in [0.25, 0.3) is 17.2 Å². The molecular formula is C40H51N5O4S. The van der Waals surface area contributed by atoms with Crippen LogP contribution in [0.1, 0.15) is 65.1 Å². The molecule has 266 valence electrons. The molecule has 2 aromatic carbocycles. The van der Waals surface area contributed by atoms with Crippen molar-refractivity contribution in [1.82, 2.24) is 14.5 Å². The lowest BCUT2D eigenvalue weighted by Gasteiger charge is -2.21. The van der Waals surface area contributed by atoms with E-state index >= 15 is 0 Å². The van der Waals surface area contributed by atoms with Gasteiger partial charge in [-0.2, -0.15) is 0 Å². The number of nitrogens with zero attached hydrogens (tertiary/aromatic N) is 4. The lowest BCUT2D eigenvalue weighted by Crippen LogP contribution is -2.22. The number of nitrogens with one attached hydrogen (secondary N) is 1. The molecule has 1 fully saturated rings. The molecule has 0 bridgehead atoms. The fourth-order valence-corrected chi connectivity index (χ4v) is 7.08. The molecule has 1 amide bonds. The van der Waals surface area contributed by atoms with Crippen LogP contribution in [-0.4, -0.2) is 57.9 Å². The maximum Gasteiger partial charge on any atom is 0.251 e. The van der Waals surface area contributed by atoms with Gasteiger partial charge in [0.15, 0.2) is 10.6 Å². The zero-order valence-corrected chi connectivity index (χ0v) is 30.9. The molecule has 3 atom stereocenters. The minimum atomic E-state index is -1.22. The second kappa shape index (κ2) is 18.2. The van der Waals surface area contributed by atoms with Crippen molar-refractivity contribution in [3.63, 3.8) is 0 Å². The monoisotopic (exact) mass is 697 g/mol. The summed E-state index contributed by atoms with van der Waals surface area (Å²) in [5.41, 5.74) is 5.03. The SMILES string of the molecule is CCCCOCCOc1ccc(-c2cnc(N3CC(C)C(C)C3)c(/C=C(\C)C(=O)Nc3ccc([S+]([O-])Cc4cncn4CCC)cc3)c2)cc1. The highest BCUT2D eigenvalue weighted by atomic mass is 32.2. The summed E-state index contributed by atoms with van der Waals surface area (Å²) in [5, 5.41) is 3.01. The highest BCUT2D eigenvalue weighted by Gasteiger charge is 2.28. The topological polar surface area (TPSA) is 105 Å². The Morgan fingerprint density at radius 1 is 0.980 bits per heavy atom. The minimum absolute atomic E-state index is 0.206. The van der Waals surface area contributed by atoms with Gasteiger partial charge in [-0.15, -0.1) is 0 Å². The van der Waals surface area contributed by atoms with E-state index < -0.39 is 11.2 Å². The van der Waals surface area contributed by atoms with Crippen molar-refractivity contribution < 1.29 is 18.8 Å². The Hall–Kier alpha value is -4.12. The van der Waals surface area contributed by atoms with Crippen molar-refractivity contribution >= 4 is 34.7 Å². The van der Waals surface area contributed by atoms with Crippen LogP contribution >= 0.6 is 0 Å². The summed E-state index contributed by atoms with van der Waals surface area (Å²) >= 11 is -1.22. The second-order valence-electron chi connectivity index (χ2n) is 13.2. The summed E-state index contributed by atoms with van der Waals surface area (Å²) in [5.74, 6) is 2.97. The molecule has 10 heteroatoms. The summed E-state index contributed by atoms with van der Waals surface area (Å²) in [6.07, 6.45) is 10.6. The third kappa shape index (κ3) is 9.99. The van der Waals surface area contributed by atoms with Gasteiger partial charge in [0.05, 0.1) is 24.8 Å². The zero-order chi connectivity index (χ0) is 35.5. The van der Waals surface area contributed by atoms with Gasteiger partial charge in [-0.05, 0) is 96.9 Å². The number of benzene rings is 2. The molecule has 0 spiro atoms. The van der Waals surface area contributed by atoms with E-state index in [2.05, 4.69) is 49.0 Å². The molecule has 1 N–H and O–H groups in total. The molecule has 1 aliphatic heterocycles. The quantitative estimate of drug-likeness (QED) is 0.0678. The second-order valence-corrected chi connectivity index (χ2v) is 14.7. The van der Waals surface area contributed by atoms with Crippen LogP contribution in [0.5, 0.6) is 5.75 Å². The third-order valence-corrected chi connectivity index (χ3v) is 10.5. The molecular weight excluding hydrogens is 647 g/mol. The van der Waals surface area contributed by atoms with Gasteiger partial charge in [-0.25, -0.2) is 9.97 Å². The van der Waals surface area contributed by atoms with E-state index in [-0.39, 0.29) is 5.91 Å². The van der Waals surface area contributed by atoms with Gasteiger partial charge >= 0.3 is 0 Å². The number of anilines is 2. The van der Waals surface area contributed by atoms with Crippen LogP contribution in [0.15, 0.2) is 83.8 Å². The highest BCUT2D eigenvalue weighted by Crippen LogP contribution is 2.33. The van der Waals surface area contributed by atoms with E-state index in [1.54, 1.807) is 24.7 Å². The van der Waals surface area contributed by atoms with Crippen molar-refractivity contribution in [1.29, 1.82) is 0 Å². The highest BCUT2D eigenvalue weighted by molar-refractivity contribution is 7.90.